The fourth-order valence-corrected chi connectivity index (χ4v) is 2.06. The predicted octanol–water partition coefficient (Wildman–Crippen LogP) is 3.79. The molecule has 0 atom stereocenters. The first-order valence-corrected chi connectivity index (χ1v) is 6.74. The quantitative estimate of drug-likeness (QED) is 0.931. The van der Waals surface area contributed by atoms with Crippen molar-refractivity contribution in [1.29, 1.82) is 0 Å². The summed E-state index contributed by atoms with van der Waals surface area (Å²) < 4.78 is 1.65. The monoisotopic (exact) mass is 296 g/mol. The topological polar surface area (TPSA) is 34.0 Å². The Morgan fingerprint density at radius 2 is 1.95 bits per heavy atom. The van der Waals surface area contributed by atoms with Crippen molar-refractivity contribution in [3.8, 4) is 0 Å². The lowest BCUT2D eigenvalue weighted by Crippen LogP contribution is -2.17. The average molecular weight is 297 g/mol. The van der Waals surface area contributed by atoms with Gasteiger partial charge in [-0.2, -0.15) is 0 Å². The average Bonchev–Trinajstić information content (AvgIpc) is 2.41. The number of aryl methyl sites for hydroxylation is 1. The van der Waals surface area contributed by atoms with E-state index < -0.39 is 0 Å². The molecule has 1 N–H and O–H groups in total. The summed E-state index contributed by atoms with van der Waals surface area (Å²) in [4.78, 5) is 11.5. The Labute approximate surface area is 121 Å². The molecular formula is C14H14Cl2N2O. The third kappa shape index (κ3) is 3.52. The first-order chi connectivity index (χ1) is 9.10. The molecule has 0 fully saturated rings. The number of hydrogen-bond donors (Lipinski definition) is 1. The van der Waals surface area contributed by atoms with Crippen LogP contribution in [-0.2, 0) is 13.1 Å². The van der Waals surface area contributed by atoms with Crippen LogP contribution in [0.15, 0.2) is 41.3 Å². The van der Waals surface area contributed by atoms with Gasteiger partial charge < -0.3 is 9.88 Å². The van der Waals surface area contributed by atoms with Gasteiger partial charge in [-0.15, -0.1) is 0 Å². The van der Waals surface area contributed by atoms with Gasteiger partial charge in [-0.3, -0.25) is 4.79 Å². The highest BCUT2D eigenvalue weighted by Gasteiger charge is 2.01. The molecule has 1 aromatic carbocycles. The molecule has 2 rings (SSSR count). The standard InChI is InChI=1S/C14H14Cl2N2O/c1-2-18-9-11(4-6-14(18)19)17-8-10-3-5-12(15)13(16)7-10/h3-7,9,17H,2,8H2,1H3. The van der Waals surface area contributed by atoms with Crippen molar-refractivity contribution in [2.45, 2.75) is 20.0 Å². The zero-order valence-electron chi connectivity index (χ0n) is 10.5. The normalized spacial score (nSPS) is 10.5. The number of halogens is 2. The molecule has 100 valence electrons. The molecule has 3 nitrogen and oxygen atoms in total. The molecule has 0 aliphatic heterocycles. The van der Waals surface area contributed by atoms with Crippen LogP contribution in [0.3, 0.4) is 0 Å². The molecule has 1 heterocycles. The van der Waals surface area contributed by atoms with E-state index in [-0.39, 0.29) is 5.56 Å². The van der Waals surface area contributed by atoms with Gasteiger partial charge >= 0.3 is 0 Å². The lowest BCUT2D eigenvalue weighted by molar-refractivity contribution is 0.727. The van der Waals surface area contributed by atoms with E-state index >= 15 is 0 Å². The number of nitrogens with zero attached hydrogens (tertiary/aromatic N) is 1. The Hall–Kier alpha value is -1.45. The van der Waals surface area contributed by atoms with Crippen LogP contribution in [0.25, 0.3) is 0 Å². The van der Waals surface area contributed by atoms with E-state index in [1.54, 1.807) is 29.0 Å². The smallest absolute Gasteiger partial charge is 0.250 e. The van der Waals surface area contributed by atoms with Crippen LogP contribution in [-0.4, -0.2) is 4.57 Å². The maximum Gasteiger partial charge on any atom is 0.250 e. The van der Waals surface area contributed by atoms with E-state index in [0.717, 1.165) is 11.3 Å². The minimum Gasteiger partial charge on any atom is -0.380 e. The highest BCUT2D eigenvalue weighted by molar-refractivity contribution is 6.42. The van der Waals surface area contributed by atoms with Gasteiger partial charge in [0.25, 0.3) is 5.56 Å². The van der Waals surface area contributed by atoms with E-state index in [4.69, 9.17) is 23.2 Å². The second-order valence-electron chi connectivity index (χ2n) is 4.14. The molecule has 0 saturated heterocycles. The fraction of sp³-hybridized carbons (Fsp3) is 0.214. The van der Waals surface area contributed by atoms with Gasteiger partial charge in [0.05, 0.1) is 15.7 Å². The summed E-state index contributed by atoms with van der Waals surface area (Å²) in [6, 6.07) is 8.84. The molecule has 0 aliphatic rings. The third-order valence-electron chi connectivity index (χ3n) is 2.80. The van der Waals surface area contributed by atoms with Gasteiger partial charge in [0.15, 0.2) is 0 Å². The Morgan fingerprint density at radius 3 is 2.63 bits per heavy atom. The van der Waals surface area contributed by atoms with Crippen molar-refractivity contribution in [1.82, 2.24) is 4.57 Å². The van der Waals surface area contributed by atoms with Crippen LogP contribution < -0.4 is 10.9 Å². The zero-order valence-corrected chi connectivity index (χ0v) is 12.0. The minimum absolute atomic E-state index is 0.00240. The summed E-state index contributed by atoms with van der Waals surface area (Å²) in [7, 11) is 0. The lowest BCUT2D eigenvalue weighted by atomic mass is 10.2. The zero-order chi connectivity index (χ0) is 13.8. The van der Waals surface area contributed by atoms with Crippen LogP contribution in [0.4, 0.5) is 5.69 Å². The van der Waals surface area contributed by atoms with Gasteiger partial charge in [-0.1, -0.05) is 29.3 Å². The Kier molecular flexibility index (Phi) is 4.51. The van der Waals surface area contributed by atoms with E-state index in [1.807, 2.05) is 19.1 Å². The Morgan fingerprint density at radius 1 is 1.16 bits per heavy atom. The largest absolute Gasteiger partial charge is 0.380 e. The molecule has 19 heavy (non-hydrogen) atoms. The Balaban J connectivity index is 2.10. The third-order valence-corrected chi connectivity index (χ3v) is 3.54. The molecule has 0 spiro atoms. The Bertz CT molecular complexity index is 638. The minimum atomic E-state index is 0.00240. The van der Waals surface area contributed by atoms with E-state index in [1.165, 1.54) is 0 Å². The number of hydrogen-bond acceptors (Lipinski definition) is 2. The van der Waals surface area contributed by atoms with Gasteiger partial charge in [0.2, 0.25) is 0 Å². The van der Waals surface area contributed by atoms with Crippen molar-refractivity contribution in [2.24, 2.45) is 0 Å². The summed E-state index contributed by atoms with van der Waals surface area (Å²) >= 11 is 11.8. The summed E-state index contributed by atoms with van der Waals surface area (Å²) in [6.07, 6.45) is 1.81. The molecule has 0 unspecified atom stereocenters. The number of rotatable bonds is 4. The van der Waals surface area contributed by atoms with Crippen LogP contribution in [0.5, 0.6) is 0 Å². The first-order valence-electron chi connectivity index (χ1n) is 5.98. The SMILES string of the molecule is CCn1cc(NCc2ccc(Cl)c(Cl)c2)ccc1=O. The van der Waals surface area contributed by atoms with Gasteiger partial charge in [-0.05, 0) is 30.7 Å². The van der Waals surface area contributed by atoms with Crippen molar-refractivity contribution in [3.05, 3.63) is 62.5 Å². The van der Waals surface area contributed by atoms with Gasteiger partial charge in [0.1, 0.15) is 0 Å². The molecular weight excluding hydrogens is 283 g/mol. The number of aromatic nitrogens is 1. The van der Waals surface area contributed by atoms with Crippen LogP contribution in [0.1, 0.15) is 12.5 Å². The molecule has 0 bridgehead atoms. The van der Waals surface area contributed by atoms with Gasteiger partial charge in [-0.25, -0.2) is 0 Å². The summed E-state index contributed by atoms with van der Waals surface area (Å²) in [5, 5.41) is 4.34. The van der Waals surface area contributed by atoms with E-state index in [9.17, 15) is 4.79 Å². The second kappa shape index (κ2) is 6.13. The first kappa shape index (κ1) is 14.0. The lowest BCUT2D eigenvalue weighted by Gasteiger charge is -2.09. The highest BCUT2D eigenvalue weighted by Crippen LogP contribution is 2.22. The summed E-state index contributed by atoms with van der Waals surface area (Å²) in [6.45, 7) is 3.21. The summed E-state index contributed by atoms with van der Waals surface area (Å²) in [5.74, 6) is 0. The molecule has 2 aromatic rings. The molecule has 0 radical (unpaired) electrons. The maximum atomic E-state index is 11.5. The van der Waals surface area contributed by atoms with Crippen LogP contribution >= 0.6 is 23.2 Å². The second-order valence-corrected chi connectivity index (χ2v) is 4.96. The molecule has 5 heteroatoms. The van der Waals surface area contributed by atoms with E-state index in [0.29, 0.717) is 23.1 Å². The van der Waals surface area contributed by atoms with E-state index in [2.05, 4.69) is 5.32 Å². The van der Waals surface area contributed by atoms with Gasteiger partial charge in [0, 0.05) is 25.4 Å². The highest BCUT2D eigenvalue weighted by atomic mass is 35.5. The number of anilines is 1. The van der Waals surface area contributed by atoms with Crippen molar-refractivity contribution < 1.29 is 0 Å². The van der Waals surface area contributed by atoms with Crippen LogP contribution in [0, 0.1) is 0 Å². The van der Waals surface area contributed by atoms with Crippen LogP contribution in [0.2, 0.25) is 10.0 Å². The summed E-state index contributed by atoms with van der Waals surface area (Å²) in [5.41, 5.74) is 1.93. The fourth-order valence-electron chi connectivity index (χ4n) is 1.74. The number of benzene rings is 1. The predicted molar refractivity (Wildman–Crippen MR) is 80.2 cm³/mol. The number of nitrogens with one attached hydrogen (secondary N) is 1. The maximum absolute atomic E-state index is 11.5. The molecule has 0 amide bonds. The number of pyridine rings is 1. The van der Waals surface area contributed by atoms with Crippen molar-refractivity contribution >= 4 is 28.9 Å². The molecule has 0 saturated carbocycles. The van der Waals surface area contributed by atoms with Crippen molar-refractivity contribution in [3.63, 3.8) is 0 Å². The molecule has 1 aromatic heterocycles. The van der Waals surface area contributed by atoms with Crippen molar-refractivity contribution in [2.75, 3.05) is 5.32 Å². The molecule has 0 aliphatic carbocycles.